The molecular formula is C38H40F2O8. The molecular weight excluding hydrogens is 622 g/mol. The van der Waals surface area contributed by atoms with Crippen molar-refractivity contribution in [1.82, 2.24) is 0 Å². The Morgan fingerprint density at radius 3 is 1.56 bits per heavy atom. The molecule has 254 valence electrons. The maximum atomic E-state index is 16.2. The first-order valence-electron chi connectivity index (χ1n) is 15.8. The lowest BCUT2D eigenvalue weighted by atomic mass is 9.88. The maximum Gasteiger partial charge on any atom is 0.379 e. The van der Waals surface area contributed by atoms with Crippen LogP contribution in [0.1, 0.15) is 29.2 Å². The highest BCUT2D eigenvalue weighted by atomic mass is 19.3. The van der Waals surface area contributed by atoms with Gasteiger partial charge in [0.25, 0.3) is 0 Å². The number of carbonyl (C=O) groups excluding carboxylic acids is 1. The van der Waals surface area contributed by atoms with Crippen LogP contribution in [0.4, 0.5) is 8.78 Å². The van der Waals surface area contributed by atoms with E-state index >= 15 is 8.78 Å². The molecule has 0 aliphatic carbocycles. The number of hydrogen-bond acceptors (Lipinski definition) is 8. The van der Waals surface area contributed by atoms with Crippen molar-refractivity contribution in [2.45, 2.75) is 69.5 Å². The van der Waals surface area contributed by atoms with E-state index in [2.05, 4.69) is 0 Å². The van der Waals surface area contributed by atoms with Crippen molar-refractivity contribution in [2.75, 3.05) is 13.2 Å². The Morgan fingerprint density at radius 1 is 0.688 bits per heavy atom. The molecule has 1 heterocycles. The summed E-state index contributed by atoms with van der Waals surface area (Å²) in [6, 6.07) is 36.4. The average molecular weight is 663 g/mol. The zero-order valence-electron chi connectivity index (χ0n) is 26.7. The SMILES string of the molecule is CCOC(=O)C(F)(F)[C@H]1O[C@@](O)(COCc2ccccc2)[C@@H](OCc2ccccc2)[C@H](OCc2ccccc2)[C@@H]1OCc1ccccc1. The largest absolute Gasteiger partial charge is 0.461 e. The van der Waals surface area contributed by atoms with Gasteiger partial charge in [-0.3, -0.25) is 0 Å². The molecule has 0 saturated carbocycles. The van der Waals surface area contributed by atoms with E-state index in [1.54, 1.807) is 24.3 Å². The lowest BCUT2D eigenvalue weighted by molar-refractivity contribution is -0.396. The number of esters is 1. The number of aliphatic hydroxyl groups is 1. The third-order valence-electron chi connectivity index (χ3n) is 7.86. The second-order valence-electron chi connectivity index (χ2n) is 11.4. The summed E-state index contributed by atoms with van der Waals surface area (Å²) in [5.41, 5.74) is 2.97. The molecule has 0 spiro atoms. The molecule has 4 aromatic rings. The molecule has 4 aromatic carbocycles. The Bertz CT molecular complexity index is 1530. The molecule has 1 fully saturated rings. The van der Waals surface area contributed by atoms with Crippen LogP contribution >= 0.6 is 0 Å². The third-order valence-corrected chi connectivity index (χ3v) is 7.86. The summed E-state index contributed by atoms with van der Waals surface area (Å²) in [6.07, 6.45) is -6.74. The van der Waals surface area contributed by atoms with Crippen LogP contribution in [-0.4, -0.2) is 60.4 Å². The Balaban J connectivity index is 1.54. The van der Waals surface area contributed by atoms with E-state index in [4.69, 9.17) is 28.4 Å². The summed E-state index contributed by atoms with van der Waals surface area (Å²) in [4.78, 5) is 12.8. The molecule has 48 heavy (non-hydrogen) atoms. The first-order valence-corrected chi connectivity index (χ1v) is 15.8. The van der Waals surface area contributed by atoms with E-state index in [9.17, 15) is 9.90 Å². The smallest absolute Gasteiger partial charge is 0.379 e. The van der Waals surface area contributed by atoms with Gasteiger partial charge >= 0.3 is 11.9 Å². The van der Waals surface area contributed by atoms with Gasteiger partial charge in [-0.1, -0.05) is 121 Å². The summed E-state index contributed by atoms with van der Waals surface area (Å²) in [6.45, 7) is 0.396. The lowest BCUT2D eigenvalue weighted by Gasteiger charge is -2.51. The van der Waals surface area contributed by atoms with Crippen LogP contribution < -0.4 is 0 Å². The van der Waals surface area contributed by atoms with Crippen LogP contribution in [0, 0.1) is 0 Å². The van der Waals surface area contributed by atoms with Crippen molar-refractivity contribution < 1.29 is 47.1 Å². The van der Waals surface area contributed by atoms with Crippen molar-refractivity contribution in [3.05, 3.63) is 144 Å². The van der Waals surface area contributed by atoms with Gasteiger partial charge in [-0.25, -0.2) is 4.79 Å². The highest BCUT2D eigenvalue weighted by molar-refractivity contribution is 5.78. The van der Waals surface area contributed by atoms with E-state index in [1.165, 1.54) is 6.92 Å². The molecule has 5 rings (SSSR count). The standard InChI is InChI=1S/C38H40F2O8/c1-2-44-36(41)38(39,40)35-33(46-25-30-19-11-5-12-20-30)32(45-24-29-17-9-4-10-18-29)34(47-26-31-21-13-6-14-22-31)37(42,48-35)27-43-23-28-15-7-3-8-16-28/h3-22,32-35,42H,2,23-27H2,1H3/t32-,33+,34+,35+,37+/m1/s1. The second kappa shape index (κ2) is 16.9. The van der Waals surface area contributed by atoms with Crippen LogP contribution in [0.5, 0.6) is 0 Å². The maximum absolute atomic E-state index is 16.2. The molecule has 1 aliphatic rings. The number of rotatable bonds is 16. The zero-order chi connectivity index (χ0) is 33.8. The highest BCUT2D eigenvalue weighted by Gasteiger charge is 2.65. The van der Waals surface area contributed by atoms with E-state index < -0.39 is 48.7 Å². The van der Waals surface area contributed by atoms with Crippen LogP contribution in [0.25, 0.3) is 0 Å². The van der Waals surface area contributed by atoms with Gasteiger partial charge in [0.2, 0.25) is 5.79 Å². The van der Waals surface area contributed by atoms with Crippen molar-refractivity contribution in [3.8, 4) is 0 Å². The van der Waals surface area contributed by atoms with E-state index in [1.807, 2.05) is 97.1 Å². The average Bonchev–Trinajstić information content (AvgIpc) is 3.11. The number of ether oxygens (including phenoxy) is 6. The number of hydrogen-bond donors (Lipinski definition) is 1. The predicted molar refractivity (Wildman–Crippen MR) is 173 cm³/mol. The van der Waals surface area contributed by atoms with Gasteiger partial charge in [0.15, 0.2) is 6.10 Å². The molecule has 0 bridgehead atoms. The van der Waals surface area contributed by atoms with Gasteiger partial charge in [-0.15, -0.1) is 0 Å². The minimum Gasteiger partial charge on any atom is -0.461 e. The molecule has 8 nitrogen and oxygen atoms in total. The van der Waals surface area contributed by atoms with E-state index in [0.29, 0.717) is 5.56 Å². The molecule has 0 amide bonds. The fourth-order valence-electron chi connectivity index (χ4n) is 5.47. The normalized spacial score (nSPS) is 22.7. The lowest BCUT2D eigenvalue weighted by Crippen LogP contribution is -2.71. The van der Waals surface area contributed by atoms with Gasteiger partial charge in [-0.05, 0) is 29.2 Å². The number of carbonyl (C=O) groups is 1. The summed E-state index contributed by atoms with van der Waals surface area (Å²) in [5.74, 6) is -8.59. The third kappa shape index (κ3) is 9.10. The summed E-state index contributed by atoms with van der Waals surface area (Å²) < 4.78 is 67.7. The Kier molecular flexibility index (Phi) is 12.4. The molecule has 5 atom stereocenters. The second-order valence-corrected chi connectivity index (χ2v) is 11.4. The topological polar surface area (TPSA) is 92.7 Å². The number of alkyl halides is 2. The number of halogens is 2. The van der Waals surface area contributed by atoms with Crippen molar-refractivity contribution in [2.24, 2.45) is 0 Å². The molecule has 10 heteroatoms. The summed E-state index contributed by atoms with van der Waals surface area (Å²) in [7, 11) is 0. The fourth-order valence-corrected chi connectivity index (χ4v) is 5.47. The summed E-state index contributed by atoms with van der Waals surface area (Å²) in [5, 5.41) is 12.2. The molecule has 0 radical (unpaired) electrons. The first kappa shape index (κ1) is 35.3. The fraction of sp³-hybridized carbons (Fsp3) is 0.342. The van der Waals surface area contributed by atoms with Crippen LogP contribution in [0.2, 0.25) is 0 Å². The van der Waals surface area contributed by atoms with Gasteiger partial charge in [0.05, 0.1) is 33.0 Å². The highest BCUT2D eigenvalue weighted by Crippen LogP contribution is 2.41. The molecule has 0 unspecified atom stereocenters. The van der Waals surface area contributed by atoms with Crippen molar-refractivity contribution >= 4 is 5.97 Å². The Hall–Kier alpha value is -4.03. The Labute approximate surface area is 279 Å². The molecule has 1 saturated heterocycles. The van der Waals surface area contributed by atoms with Crippen molar-refractivity contribution in [3.63, 3.8) is 0 Å². The first-order chi connectivity index (χ1) is 23.3. The molecule has 0 aromatic heterocycles. The molecule has 1 N–H and O–H groups in total. The Morgan fingerprint density at radius 2 is 1.10 bits per heavy atom. The van der Waals surface area contributed by atoms with E-state index in [0.717, 1.165) is 16.7 Å². The minimum absolute atomic E-state index is 0.0224. The summed E-state index contributed by atoms with van der Waals surface area (Å²) >= 11 is 0. The van der Waals surface area contributed by atoms with Gasteiger partial charge in [0, 0.05) is 0 Å². The van der Waals surface area contributed by atoms with Gasteiger partial charge in [0.1, 0.15) is 24.9 Å². The quantitative estimate of drug-likeness (QED) is 0.141. The van der Waals surface area contributed by atoms with Crippen LogP contribution in [0.3, 0.4) is 0 Å². The van der Waals surface area contributed by atoms with Gasteiger partial charge in [-0.2, -0.15) is 8.78 Å². The van der Waals surface area contributed by atoms with Gasteiger partial charge < -0.3 is 33.5 Å². The van der Waals surface area contributed by atoms with Crippen LogP contribution in [-0.2, 0) is 59.6 Å². The molecule has 1 aliphatic heterocycles. The minimum atomic E-state index is -4.26. The van der Waals surface area contributed by atoms with E-state index in [-0.39, 0.29) is 33.0 Å². The predicted octanol–water partition coefficient (Wildman–Crippen LogP) is 6.25. The zero-order valence-corrected chi connectivity index (χ0v) is 26.7. The van der Waals surface area contributed by atoms with Crippen LogP contribution in [0.15, 0.2) is 121 Å². The van der Waals surface area contributed by atoms with Crippen molar-refractivity contribution in [1.29, 1.82) is 0 Å². The number of benzene rings is 4. The monoisotopic (exact) mass is 662 g/mol.